The predicted molar refractivity (Wildman–Crippen MR) is 90.7 cm³/mol. The molecule has 0 aliphatic heterocycles. The molecule has 2 N–H and O–H groups in total. The highest BCUT2D eigenvalue weighted by Crippen LogP contribution is 2.25. The number of thioether (sulfide) groups is 1. The number of carbonyl (C=O) groups is 1. The lowest BCUT2D eigenvalue weighted by Gasteiger charge is -2.11. The molecule has 0 fully saturated rings. The Balaban J connectivity index is 2.04. The number of carbonyl (C=O) groups excluding carboxylic acids is 1. The van der Waals surface area contributed by atoms with E-state index in [-0.39, 0.29) is 11.6 Å². The van der Waals surface area contributed by atoms with Crippen LogP contribution in [0, 0.1) is 11.3 Å². The molecule has 9 heteroatoms. The van der Waals surface area contributed by atoms with Gasteiger partial charge in [-0.2, -0.15) is 5.26 Å². The Labute approximate surface area is 141 Å². The molecule has 0 radical (unpaired) electrons. The van der Waals surface area contributed by atoms with Crippen molar-refractivity contribution in [1.29, 1.82) is 5.26 Å². The van der Waals surface area contributed by atoms with E-state index in [1.807, 2.05) is 13.0 Å². The Morgan fingerprint density at radius 2 is 2.43 bits per heavy atom. The molecule has 2 rings (SSSR count). The number of nitriles is 1. The molecule has 0 aromatic carbocycles. The third kappa shape index (κ3) is 4.24. The van der Waals surface area contributed by atoms with E-state index >= 15 is 0 Å². The average Bonchev–Trinajstić information content (AvgIpc) is 3.12. The van der Waals surface area contributed by atoms with Crippen LogP contribution in [0.2, 0.25) is 0 Å². The maximum Gasteiger partial charge on any atom is 0.343 e. The lowest BCUT2D eigenvalue weighted by Crippen LogP contribution is -2.24. The maximum absolute atomic E-state index is 12.3. The van der Waals surface area contributed by atoms with Gasteiger partial charge in [0.05, 0.1) is 10.8 Å². The molecule has 0 unspecified atom stereocenters. The largest absolute Gasteiger partial charge is 0.343 e. The molecule has 0 bridgehead atoms. The minimum atomic E-state index is -0.445. The Hall–Kier alpha value is -2.05. The summed E-state index contributed by atoms with van der Waals surface area (Å²) in [5, 5.41) is 20.4. The van der Waals surface area contributed by atoms with Crippen LogP contribution >= 0.6 is 23.1 Å². The summed E-state index contributed by atoms with van der Waals surface area (Å²) in [6, 6.07) is 3.69. The van der Waals surface area contributed by atoms with E-state index in [2.05, 4.69) is 15.5 Å². The van der Waals surface area contributed by atoms with Gasteiger partial charge in [0.1, 0.15) is 11.1 Å². The first-order valence-electron chi connectivity index (χ1n) is 7.17. The zero-order valence-electron chi connectivity index (χ0n) is 12.8. The highest BCUT2D eigenvalue weighted by molar-refractivity contribution is 8.00. The minimum Gasteiger partial charge on any atom is -0.316 e. The van der Waals surface area contributed by atoms with Gasteiger partial charge in [-0.1, -0.05) is 25.1 Å². The van der Waals surface area contributed by atoms with Gasteiger partial charge in [-0.3, -0.25) is 9.36 Å². The third-order valence-corrected chi connectivity index (χ3v) is 5.05. The molecular weight excluding hydrogens is 334 g/mol. The van der Waals surface area contributed by atoms with Crippen LogP contribution in [0.1, 0.15) is 32.3 Å². The van der Waals surface area contributed by atoms with Gasteiger partial charge in [0.15, 0.2) is 5.16 Å². The second-order valence-electron chi connectivity index (χ2n) is 4.84. The predicted octanol–water partition coefficient (Wildman–Crippen LogP) is 2.42. The lowest BCUT2D eigenvalue weighted by atomic mass is 10.3. The first kappa shape index (κ1) is 17.3. The summed E-state index contributed by atoms with van der Waals surface area (Å²) in [6.45, 7) is 4.36. The lowest BCUT2D eigenvalue weighted by molar-refractivity contribution is -0.115. The molecular formula is C14H17N5O2S2. The summed E-state index contributed by atoms with van der Waals surface area (Å²) < 4.78 is 1.55. The summed E-state index contributed by atoms with van der Waals surface area (Å²) in [6.07, 6.45) is 1.83. The van der Waals surface area contributed by atoms with E-state index in [0.717, 1.165) is 12.8 Å². The molecule has 0 aliphatic rings. The summed E-state index contributed by atoms with van der Waals surface area (Å²) in [7, 11) is 0. The number of anilines is 1. The van der Waals surface area contributed by atoms with Crippen LogP contribution < -0.4 is 11.0 Å². The van der Waals surface area contributed by atoms with Crippen LogP contribution in [0.3, 0.4) is 0 Å². The van der Waals surface area contributed by atoms with Crippen molar-refractivity contribution in [3.63, 3.8) is 0 Å². The number of thiophene rings is 1. The summed E-state index contributed by atoms with van der Waals surface area (Å²) in [5.41, 5.74) is 0.179. The SMILES string of the molecule is CCCCn1c(S[C@H](C)C(=O)Nc2sccc2C#N)n[nH]c1=O. The summed E-state index contributed by atoms with van der Waals surface area (Å²) in [4.78, 5) is 24.0. The fraction of sp³-hybridized carbons (Fsp3) is 0.429. The van der Waals surface area contributed by atoms with Crippen LogP contribution in [-0.4, -0.2) is 25.9 Å². The van der Waals surface area contributed by atoms with Gasteiger partial charge in [0.25, 0.3) is 0 Å². The van der Waals surface area contributed by atoms with E-state index in [4.69, 9.17) is 5.26 Å². The number of nitrogens with zero attached hydrogens (tertiary/aromatic N) is 3. The van der Waals surface area contributed by atoms with Crippen LogP contribution in [-0.2, 0) is 11.3 Å². The van der Waals surface area contributed by atoms with E-state index < -0.39 is 5.25 Å². The number of H-pyrrole nitrogens is 1. The zero-order chi connectivity index (χ0) is 16.8. The number of aromatic nitrogens is 3. The second-order valence-corrected chi connectivity index (χ2v) is 7.07. The highest BCUT2D eigenvalue weighted by Gasteiger charge is 2.20. The van der Waals surface area contributed by atoms with Gasteiger partial charge in [0.2, 0.25) is 5.91 Å². The smallest absolute Gasteiger partial charge is 0.316 e. The summed E-state index contributed by atoms with van der Waals surface area (Å²) in [5.74, 6) is -0.230. The third-order valence-electron chi connectivity index (χ3n) is 3.13. The normalized spacial score (nSPS) is 11.9. The Bertz CT molecular complexity index is 771. The fourth-order valence-electron chi connectivity index (χ4n) is 1.83. The number of rotatable bonds is 7. The average molecular weight is 351 g/mol. The molecule has 2 aromatic heterocycles. The van der Waals surface area contributed by atoms with Gasteiger partial charge in [-0.15, -0.1) is 16.4 Å². The van der Waals surface area contributed by atoms with Gasteiger partial charge in [-0.05, 0) is 24.8 Å². The van der Waals surface area contributed by atoms with Crippen molar-refractivity contribution < 1.29 is 4.79 Å². The molecule has 0 aliphatic carbocycles. The molecule has 7 nitrogen and oxygen atoms in total. The first-order valence-corrected chi connectivity index (χ1v) is 8.93. The number of amides is 1. The van der Waals surface area contributed by atoms with Crippen LogP contribution in [0.4, 0.5) is 5.00 Å². The zero-order valence-corrected chi connectivity index (χ0v) is 14.5. The second kappa shape index (κ2) is 7.99. The van der Waals surface area contributed by atoms with Crippen molar-refractivity contribution in [2.24, 2.45) is 0 Å². The van der Waals surface area contributed by atoms with Gasteiger partial charge < -0.3 is 5.32 Å². The minimum absolute atomic E-state index is 0.230. The number of hydrogen-bond acceptors (Lipinski definition) is 6. The number of aromatic amines is 1. The molecule has 23 heavy (non-hydrogen) atoms. The number of hydrogen-bond donors (Lipinski definition) is 2. The molecule has 122 valence electrons. The molecule has 2 aromatic rings. The van der Waals surface area contributed by atoms with Crippen LogP contribution in [0.15, 0.2) is 21.4 Å². The van der Waals surface area contributed by atoms with Crippen molar-refractivity contribution in [2.45, 2.75) is 43.6 Å². The summed E-state index contributed by atoms with van der Waals surface area (Å²) >= 11 is 2.52. The number of unbranched alkanes of at least 4 members (excludes halogenated alkanes) is 1. The maximum atomic E-state index is 12.3. The van der Waals surface area contributed by atoms with E-state index in [9.17, 15) is 9.59 Å². The van der Waals surface area contributed by atoms with Crippen molar-refractivity contribution in [3.05, 3.63) is 27.5 Å². The highest BCUT2D eigenvalue weighted by atomic mass is 32.2. The Kier molecular flexibility index (Phi) is 6.01. The van der Waals surface area contributed by atoms with Crippen molar-refractivity contribution in [3.8, 4) is 6.07 Å². The van der Waals surface area contributed by atoms with Gasteiger partial charge in [-0.25, -0.2) is 9.89 Å². The number of nitrogens with one attached hydrogen (secondary N) is 2. The fourth-order valence-corrected chi connectivity index (χ4v) is 3.45. The van der Waals surface area contributed by atoms with Crippen molar-refractivity contribution in [1.82, 2.24) is 14.8 Å². The standard InChI is InChI=1S/C14H17N5O2S2/c1-3-4-6-19-13(21)17-18-14(19)23-9(2)11(20)16-12-10(8-15)5-7-22-12/h5,7,9H,3-4,6H2,1-2H3,(H,16,20)(H,17,21)/t9-/m1/s1. The van der Waals surface area contributed by atoms with Crippen molar-refractivity contribution in [2.75, 3.05) is 5.32 Å². The van der Waals surface area contributed by atoms with E-state index in [1.54, 1.807) is 22.9 Å². The Morgan fingerprint density at radius 1 is 1.65 bits per heavy atom. The van der Waals surface area contributed by atoms with E-state index in [0.29, 0.717) is 22.3 Å². The molecule has 1 atom stereocenters. The molecule has 2 heterocycles. The molecule has 1 amide bonds. The molecule has 0 saturated heterocycles. The molecule has 0 spiro atoms. The van der Waals surface area contributed by atoms with Crippen molar-refractivity contribution >= 4 is 34.0 Å². The first-order chi connectivity index (χ1) is 11.1. The van der Waals surface area contributed by atoms with Crippen LogP contribution in [0.25, 0.3) is 0 Å². The monoisotopic (exact) mass is 351 g/mol. The topological polar surface area (TPSA) is 104 Å². The van der Waals surface area contributed by atoms with E-state index in [1.165, 1.54) is 23.1 Å². The Morgan fingerprint density at radius 3 is 3.13 bits per heavy atom. The molecule has 0 saturated carbocycles. The van der Waals surface area contributed by atoms with Gasteiger partial charge >= 0.3 is 5.69 Å². The van der Waals surface area contributed by atoms with Crippen LogP contribution in [0.5, 0.6) is 0 Å². The van der Waals surface area contributed by atoms with Gasteiger partial charge in [0, 0.05) is 6.54 Å². The quantitative estimate of drug-likeness (QED) is 0.746.